The molecule has 0 aromatic rings. The quantitative estimate of drug-likeness (QED) is 0.576. The number of Topliss-reactive ketones (excluding diaryl/α,β-unsaturated/α-hetero) is 1. The largest absolute Gasteiger partial charge is 0.481 e. The van der Waals surface area contributed by atoms with E-state index >= 15 is 0 Å². The van der Waals surface area contributed by atoms with E-state index in [0.717, 1.165) is 0 Å². The standard InChI is InChI=1S/C19H35NO4S/c1-12(2)25-11-15(14(4)17(23)24)20-16(22)10-19(7,8)18(5,6)9-13(3)21/h12,14-15H,9-11H2,1-8H3,(H,20,22)(H,23,24). The molecule has 146 valence electrons. The molecule has 2 atom stereocenters. The second-order valence-corrected chi connectivity index (χ2v) is 10.1. The maximum Gasteiger partial charge on any atom is 0.308 e. The summed E-state index contributed by atoms with van der Waals surface area (Å²) in [5, 5.41) is 12.6. The Morgan fingerprint density at radius 1 is 1.00 bits per heavy atom. The Morgan fingerprint density at radius 3 is 1.88 bits per heavy atom. The Labute approximate surface area is 156 Å². The van der Waals surface area contributed by atoms with Crippen molar-refractivity contribution in [2.45, 2.75) is 79.5 Å². The third-order valence-electron chi connectivity index (χ3n) is 5.07. The molecule has 0 saturated carbocycles. The van der Waals surface area contributed by atoms with Crippen molar-refractivity contribution >= 4 is 29.4 Å². The van der Waals surface area contributed by atoms with Gasteiger partial charge in [0.05, 0.1) is 12.0 Å². The van der Waals surface area contributed by atoms with Gasteiger partial charge in [0.15, 0.2) is 0 Å². The number of carbonyl (C=O) groups is 3. The highest BCUT2D eigenvalue weighted by atomic mass is 32.2. The van der Waals surface area contributed by atoms with Crippen LogP contribution in [0.15, 0.2) is 0 Å². The third kappa shape index (κ3) is 8.25. The lowest BCUT2D eigenvalue weighted by Gasteiger charge is -2.41. The van der Waals surface area contributed by atoms with Crippen molar-refractivity contribution in [2.24, 2.45) is 16.7 Å². The molecule has 25 heavy (non-hydrogen) atoms. The molecule has 0 spiro atoms. The lowest BCUT2D eigenvalue weighted by atomic mass is 9.63. The average molecular weight is 374 g/mol. The Bertz CT molecular complexity index is 486. The molecule has 0 saturated heterocycles. The van der Waals surface area contributed by atoms with E-state index in [0.29, 0.717) is 17.4 Å². The van der Waals surface area contributed by atoms with Crippen LogP contribution in [-0.4, -0.2) is 39.8 Å². The summed E-state index contributed by atoms with van der Waals surface area (Å²) < 4.78 is 0. The van der Waals surface area contributed by atoms with Crippen LogP contribution in [0.4, 0.5) is 0 Å². The van der Waals surface area contributed by atoms with Gasteiger partial charge in [-0.05, 0) is 29.9 Å². The molecule has 0 radical (unpaired) electrons. The molecule has 5 nitrogen and oxygen atoms in total. The summed E-state index contributed by atoms with van der Waals surface area (Å²) >= 11 is 1.64. The van der Waals surface area contributed by atoms with Gasteiger partial charge in [0, 0.05) is 18.6 Å². The SMILES string of the molecule is CC(=O)CC(C)(C)C(C)(C)CC(=O)NC(CSC(C)C)C(C)C(=O)O. The molecule has 2 unspecified atom stereocenters. The number of hydrogen-bond donors (Lipinski definition) is 2. The van der Waals surface area contributed by atoms with E-state index in [1.807, 2.05) is 41.5 Å². The molecule has 6 heteroatoms. The molecule has 0 bridgehead atoms. The van der Waals surface area contributed by atoms with Crippen LogP contribution in [0.1, 0.15) is 68.2 Å². The molecule has 2 N–H and O–H groups in total. The van der Waals surface area contributed by atoms with Gasteiger partial charge in [-0.2, -0.15) is 11.8 Å². The molecular formula is C19H35NO4S. The average Bonchev–Trinajstić information content (AvgIpc) is 2.39. The van der Waals surface area contributed by atoms with E-state index in [-0.39, 0.29) is 28.9 Å². The fraction of sp³-hybridized carbons (Fsp3) is 0.842. The first-order chi connectivity index (χ1) is 11.2. The fourth-order valence-electron chi connectivity index (χ4n) is 2.54. The number of nitrogens with one attached hydrogen (secondary N) is 1. The van der Waals surface area contributed by atoms with Crippen LogP contribution in [0.3, 0.4) is 0 Å². The lowest BCUT2D eigenvalue weighted by molar-refractivity contribution is -0.142. The Hall–Kier alpha value is -1.04. The Morgan fingerprint density at radius 2 is 1.48 bits per heavy atom. The number of thioether (sulfide) groups is 1. The van der Waals surface area contributed by atoms with E-state index in [2.05, 4.69) is 5.32 Å². The Kier molecular flexibility index (Phi) is 9.20. The lowest BCUT2D eigenvalue weighted by Crippen LogP contribution is -2.47. The first kappa shape index (κ1) is 24.0. The summed E-state index contributed by atoms with van der Waals surface area (Å²) in [6.45, 7) is 15.2. The number of rotatable bonds is 11. The van der Waals surface area contributed by atoms with E-state index < -0.39 is 17.9 Å². The molecule has 0 rings (SSSR count). The number of carboxylic acids is 1. The van der Waals surface area contributed by atoms with Crippen LogP contribution < -0.4 is 5.32 Å². The summed E-state index contributed by atoms with van der Waals surface area (Å²) in [5.74, 6) is -1.06. The zero-order chi connectivity index (χ0) is 20.0. The van der Waals surface area contributed by atoms with Crippen LogP contribution in [0.5, 0.6) is 0 Å². The van der Waals surface area contributed by atoms with Gasteiger partial charge in [-0.25, -0.2) is 0 Å². The summed E-state index contributed by atoms with van der Waals surface area (Å²) in [6, 6.07) is -0.413. The molecule has 1 amide bonds. The van der Waals surface area contributed by atoms with Crippen LogP contribution in [-0.2, 0) is 14.4 Å². The highest BCUT2D eigenvalue weighted by Crippen LogP contribution is 2.44. The zero-order valence-corrected chi connectivity index (χ0v) is 17.8. The van der Waals surface area contributed by atoms with Gasteiger partial charge in [-0.1, -0.05) is 41.5 Å². The van der Waals surface area contributed by atoms with Crippen LogP contribution in [0.2, 0.25) is 0 Å². The van der Waals surface area contributed by atoms with Crippen LogP contribution in [0, 0.1) is 16.7 Å². The maximum absolute atomic E-state index is 12.6. The number of ketones is 1. The summed E-state index contributed by atoms with van der Waals surface area (Å²) in [4.78, 5) is 35.4. The second kappa shape index (κ2) is 9.60. The Balaban J connectivity index is 5.05. The van der Waals surface area contributed by atoms with Gasteiger partial charge >= 0.3 is 5.97 Å². The number of carbonyl (C=O) groups excluding carboxylic acids is 2. The van der Waals surface area contributed by atoms with Gasteiger partial charge in [0.1, 0.15) is 5.78 Å². The second-order valence-electron chi connectivity index (χ2n) is 8.51. The van der Waals surface area contributed by atoms with E-state index in [1.54, 1.807) is 25.6 Å². The number of carboxylic acid groups (broad SMARTS) is 1. The molecular weight excluding hydrogens is 338 g/mol. The minimum absolute atomic E-state index is 0.101. The smallest absolute Gasteiger partial charge is 0.308 e. The number of hydrogen-bond acceptors (Lipinski definition) is 4. The normalized spacial score (nSPS) is 14.9. The van der Waals surface area contributed by atoms with Crippen molar-refractivity contribution in [3.05, 3.63) is 0 Å². The zero-order valence-electron chi connectivity index (χ0n) is 16.9. The van der Waals surface area contributed by atoms with E-state index in [1.165, 1.54) is 0 Å². The van der Waals surface area contributed by atoms with Gasteiger partial charge < -0.3 is 15.2 Å². The third-order valence-corrected chi connectivity index (χ3v) is 6.29. The van der Waals surface area contributed by atoms with Crippen molar-refractivity contribution in [1.82, 2.24) is 5.32 Å². The molecule has 0 heterocycles. The van der Waals surface area contributed by atoms with Gasteiger partial charge in [-0.3, -0.25) is 9.59 Å². The van der Waals surface area contributed by atoms with Crippen molar-refractivity contribution in [3.8, 4) is 0 Å². The van der Waals surface area contributed by atoms with Gasteiger partial charge in [0.2, 0.25) is 5.91 Å². The van der Waals surface area contributed by atoms with Crippen LogP contribution >= 0.6 is 11.8 Å². The van der Waals surface area contributed by atoms with E-state index in [4.69, 9.17) is 0 Å². The van der Waals surface area contributed by atoms with E-state index in [9.17, 15) is 19.5 Å². The molecule has 0 aromatic carbocycles. The summed E-state index contributed by atoms with van der Waals surface area (Å²) in [6.07, 6.45) is 0.661. The molecule has 0 aliphatic carbocycles. The van der Waals surface area contributed by atoms with Crippen molar-refractivity contribution < 1.29 is 19.5 Å². The minimum atomic E-state index is -0.911. The molecule has 0 aliphatic rings. The van der Waals surface area contributed by atoms with Crippen molar-refractivity contribution in [2.75, 3.05) is 5.75 Å². The predicted octanol–water partition coefficient (Wildman–Crippen LogP) is 3.76. The minimum Gasteiger partial charge on any atom is -0.481 e. The molecule has 0 fully saturated rings. The van der Waals surface area contributed by atoms with Crippen LogP contribution in [0.25, 0.3) is 0 Å². The predicted molar refractivity (Wildman–Crippen MR) is 104 cm³/mol. The number of aliphatic carboxylic acids is 1. The molecule has 0 aromatic heterocycles. The van der Waals surface area contributed by atoms with Gasteiger partial charge in [0.25, 0.3) is 0 Å². The molecule has 0 aliphatic heterocycles. The summed E-state index contributed by atoms with van der Waals surface area (Å²) in [7, 11) is 0. The first-order valence-electron chi connectivity index (χ1n) is 8.83. The van der Waals surface area contributed by atoms with Crippen molar-refractivity contribution in [1.29, 1.82) is 0 Å². The summed E-state index contributed by atoms with van der Waals surface area (Å²) in [5.41, 5.74) is -0.707. The number of amides is 1. The maximum atomic E-state index is 12.6. The monoisotopic (exact) mass is 373 g/mol. The highest BCUT2D eigenvalue weighted by Gasteiger charge is 2.40. The van der Waals surface area contributed by atoms with Crippen molar-refractivity contribution in [3.63, 3.8) is 0 Å². The topological polar surface area (TPSA) is 83.5 Å². The van der Waals surface area contributed by atoms with Gasteiger partial charge in [-0.15, -0.1) is 0 Å². The fourth-order valence-corrected chi connectivity index (χ4v) is 3.50. The first-order valence-corrected chi connectivity index (χ1v) is 9.87. The highest BCUT2D eigenvalue weighted by molar-refractivity contribution is 7.99.